The number of nitrogens with one attached hydrogen (secondary N) is 2. The van der Waals surface area contributed by atoms with Crippen molar-refractivity contribution in [1.29, 1.82) is 0 Å². The number of amides is 2. The molecule has 1 aromatic carbocycles. The maximum Gasteiger partial charge on any atom is 0.319 e. The number of urea groups is 1. The Labute approximate surface area is 165 Å². The van der Waals surface area contributed by atoms with E-state index in [1.54, 1.807) is 12.4 Å². The van der Waals surface area contributed by atoms with E-state index in [0.717, 1.165) is 41.0 Å². The molecule has 2 aromatic heterocycles. The number of rotatable bonds is 5. The van der Waals surface area contributed by atoms with Crippen molar-refractivity contribution in [3.05, 3.63) is 66.1 Å². The molecule has 0 spiro atoms. The fourth-order valence-electron chi connectivity index (χ4n) is 3.75. The largest absolute Gasteiger partial charge is 0.332 e. The third-order valence-electron chi connectivity index (χ3n) is 5.26. The number of carbonyl (C=O) groups excluding carboxylic acids is 1. The van der Waals surface area contributed by atoms with Gasteiger partial charge in [0.15, 0.2) is 0 Å². The lowest BCUT2D eigenvalue weighted by molar-refractivity contribution is 0.251. The molecular formula is C22H25N5O. The smallest absolute Gasteiger partial charge is 0.319 e. The third kappa shape index (κ3) is 4.06. The molecule has 1 aliphatic carbocycles. The van der Waals surface area contributed by atoms with Gasteiger partial charge in [0.1, 0.15) is 0 Å². The summed E-state index contributed by atoms with van der Waals surface area (Å²) in [4.78, 5) is 16.4. The summed E-state index contributed by atoms with van der Waals surface area (Å²) in [6.07, 6.45) is 8.39. The first-order chi connectivity index (χ1) is 13.7. The van der Waals surface area contributed by atoms with Crippen LogP contribution in [0.15, 0.2) is 54.9 Å². The van der Waals surface area contributed by atoms with Crippen LogP contribution >= 0.6 is 0 Å². The van der Waals surface area contributed by atoms with Gasteiger partial charge in [0.2, 0.25) is 0 Å². The third-order valence-corrected chi connectivity index (χ3v) is 5.26. The molecule has 2 heterocycles. The molecule has 0 unspecified atom stereocenters. The Morgan fingerprint density at radius 2 is 1.89 bits per heavy atom. The van der Waals surface area contributed by atoms with Crippen LogP contribution < -0.4 is 10.6 Å². The van der Waals surface area contributed by atoms with E-state index >= 15 is 0 Å². The Hall–Kier alpha value is -3.15. The van der Waals surface area contributed by atoms with Crippen LogP contribution in [0, 0.1) is 6.92 Å². The summed E-state index contributed by atoms with van der Waals surface area (Å²) in [6.45, 7) is 2.36. The van der Waals surface area contributed by atoms with Crippen molar-refractivity contribution in [3.8, 4) is 11.3 Å². The van der Waals surface area contributed by atoms with E-state index in [4.69, 9.17) is 5.10 Å². The van der Waals surface area contributed by atoms with Crippen LogP contribution in [0.1, 0.15) is 43.0 Å². The van der Waals surface area contributed by atoms with Crippen LogP contribution in [0.2, 0.25) is 0 Å². The molecule has 1 fully saturated rings. The van der Waals surface area contributed by atoms with Crippen molar-refractivity contribution >= 4 is 11.7 Å². The molecule has 1 saturated carbocycles. The molecule has 0 bridgehead atoms. The highest BCUT2D eigenvalue weighted by Gasteiger charge is 2.22. The minimum absolute atomic E-state index is 0.227. The van der Waals surface area contributed by atoms with Gasteiger partial charge in [0, 0.05) is 23.6 Å². The lowest BCUT2D eigenvalue weighted by Crippen LogP contribution is -2.28. The van der Waals surface area contributed by atoms with Gasteiger partial charge in [-0.1, -0.05) is 31.0 Å². The van der Waals surface area contributed by atoms with Crippen LogP contribution in [0.3, 0.4) is 0 Å². The molecule has 0 aliphatic heterocycles. The number of carbonyl (C=O) groups is 1. The van der Waals surface area contributed by atoms with Crippen molar-refractivity contribution in [2.45, 2.75) is 45.2 Å². The molecule has 28 heavy (non-hydrogen) atoms. The monoisotopic (exact) mass is 375 g/mol. The Morgan fingerprint density at radius 3 is 2.64 bits per heavy atom. The van der Waals surface area contributed by atoms with Gasteiger partial charge in [-0.3, -0.25) is 9.67 Å². The second kappa shape index (κ2) is 8.25. The second-order valence-electron chi connectivity index (χ2n) is 7.26. The fourth-order valence-corrected chi connectivity index (χ4v) is 3.75. The predicted molar refractivity (Wildman–Crippen MR) is 110 cm³/mol. The standard InChI is InChI=1S/C22H25N5O/c1-16-6-2-5-9-20(16)25-22(28)24-15-18-14-21(17-10-12-23-13-11-17)27(26-18)19-7-3-4-8-19/h2,5-6,9-14,19H,3-4,7-8,15H2,1H3,(H2,24,25,28). The number of aromatic nitrogens is 3. The topological polar surface area (TPSA) is 71.8 Å². The molecule has 144 valence electrons. The zero-order valence-corrected chi connectivity index (χ0v) is 16.1. The van der Waals surface area contributed by atoms with Gasteiger partial charge in [-0.2, -0.15) is 5.10 Å². The highest BCUT2D eigenvalue weighted by molar-refractivity contribution is 5.89. The van der Waals surface area contributed by atoms with E-state index in [2.05, 4.69) is 26.4 Å². The zero-order valence-electron chi connectivity index (χ0n) is 16.1. The van der Waals surface area contributed by atoms with Gasteiger partial charge in [-0.25, -0.2) is 4.79 Å². The average Bonchev–Trinajstić information content (AvgIpc) is 3.38. The summed E-state index contributed by atoms with van der Waals surface area (Å²) >= 11 is 0. The number of pyridine rings is 1. The van der Waals surface area contributed by atoms with E-state index in [-0.39, 0.29) is 6.03 Å². The number of benzene rings is 1. The summed E-state index contributed by atoms with van der Waals surface area (Å²) in [5.41, 5.74) is 4.89. The molecule has 2 N–H and O–H groups in total. The van der Waals surface area contributed by atoms with Gasteiger partial charge in [-0.15, -0.1) is 0 Å². The Bertz CT molecular complexity index is 945. The molecule has 0 atom stereocenters. The lowest BCUT2D eigenvalue weighted by atomic mass is 10.1. The summed E-state index contributed by atoms with van der Waals surface area (Å²) in [7, 11) is 0. The van der Waals surface area contributed by atoms with Crippen molar-refractivity contribution in [2.75, 3.05) is 5.32 Å². The fraction of sp³-hybridized carbons (Fsp3) is 0.318. The summed E-state index contributed by atoms with van der Waals surface area (Å²) in [5, 5.41) is 10.6. The summed E-state index contributed by atoms with van der Waals surface area (Å²) in [6, 6.07) is 14.0. The molecule has 2 amide bonds. The van der Waals surface area contributed by atoms with Gasteiger partial charge in [-0.05, 0) is 49.6 Å². The van der Waals surface area contributed by atoms with Gasteiger partial charge in [0.25, 0.3) is 0 Å². The van der Waals surface area contributed by atoms with Crippen LogP contribution in [0.5, 0.6) is 0 Å². The molecular weight excluding hydrogens is 350 g/mol. The van der Waals surface area contributed by atoms with Crippen LogP contribution in [0.4, 0.5) is 10.5 Å². The maximum atomic E-state index is 12.3. The summed E-state index contributed by atoms with van der Waals surface area (Å²) < 4.78 is 2.14. The van der Waals surface area contributed by atoms with Crippen molar-refractivity contribution in [2.24, 2.45) is 0 Å². The highest BCUT2D eigenvalue weighted by atomic mass is 16.2. The molecule has 6 heteroatoms. The normalized spacial score (nSPS) is 14.2. The Balaban J connectivity index is 1.49. The molecule has 0 saturated heterocycles. The number of hydrogen-bond donors (Lipinski definition) is 2. The second-order valence-corrected chi connectivity index (χ2v) is 7.26. The first-order valence-electron chi connectivity index (χ1n) is 9.80. The van der Waals surface area contributed by atoms with Crippen molar-refractivity contribution < 1.29 is 4.79 Å². The number of aryl methyl sites for hydroxylation is 1. The SMILES string of the molecule is Cc1ccccc1NC(=O)NCc1cc(-c2ccncc2)n(C2CCCC2)n1. The van der Waals surface area contributed by atoms with Crippen molar-refractivity contribution in [3.63, 3.8) is 0 Å². The first kappa shape index (κ1) is 18.2. The predicted octanol–water partition coefficient (Wildman–Crippen LogP) is 4.69. The van der Waals surface area contributed by atoms with Gasteiger partial charge in [0.05, 0.1) is 24.0 Å². The van der Waals surface area contributed by atoms with Crippen LogP contribution in [0.25, 0.3) is 11.3 Å². The molecule has 0 radical (unpaired) electrons. The van der Waals surface area contributed by atoms with E-state index in [1.807, 2.05) is 43.3 Å². The van der Waals surface area contributed by atoms with E-state index in [1.165, 1.54) is 12.8 Å². The van der Waals surface area contributed by atoms with Gasteiger partial charge >= 0.3 is 6.03 Å². The molecule has 3 aromatic rings. The first-order valence-corrected chi connectivity index (χ1v) is 9.80. The summed E-state index contributed by atoms with van der Waals surface area (Å²) in [5.74, 6) is 0. The van der Waals surface area contributed by atoms with Gasteiger partial charge < -0.3 is 10.6 Å². The quantitative estimate of drug-likeness (QED) is 0.679. The number of nitrogens with zero attached hydrogens (tertiary/aromatic N) is 3. The number of hydrogen-bond acceptors (Lipinski definition) is 3. The Morgan fingerprint density at radius 1 is 1.14 bits per heavy atom. The number of anilines is 1. The van der Waals surface area contributed by atoms with E-state index in [9.17, 15) is 4.79 Å². The average molecular weight is 375 g/mol. The maximum absolute atomic E-state index is 12.3. The minimum atomic E-state index is -0.227. The Kier molecular flexibility index (Phi) is 5.37. The minimum Gasteiger partial charge on any atom is -0.332 e. The molecule has 6 nitrogen and oxygen atoms in total. The van der Waals surface area contributed by atoms with E-state index < -0.39 is 0 Å². The zero-order chi connectivity index (χ0) is 19.3. The molecule has 1 aliphatic rings. The van der Waals surface area contributed by atoms with Crippen molar-refractivity contribution in [1.82, 2.24) is 20.1 Å². The molecule has 4 rings (SSSR count). The van der Waals surface area contributed by atoms with Crippen LogP contribution in [-0.4, -0.2) is 20.8 Å². The number of para-hydroxylation sites is 1. The lowest BCUT2D eigenvalue weighted by Gasteiger charge is -2.14. The van der Waals surface area contributed by atoms with Crippen LogP contribution in [-0.2, 0) is 6.54 Å². The highest BCUT2D eigenvalue weighted by Crippen LogP contribution is 2.33. The van der Waals surface area contributed by atoms with E-state index in [0.29, 0.717) is 12.6 Å².